The molecule has 0 aliphatic heterocycles. The summed E-state index contributed by atoms with van der Waals surface area (Å²) in [4.78, 5) is 23.7. The van der Waals surface area contributed by atoms with Gasteiger partial charge in [-0.2, -0.15) is 0 Å². The third kappa shape index (κ3) is 4.22. The van der Waals surface area contributed by atoms with Crippen molar-refractivity contribution in [2.75, 3.05) is 6.54 Å². The van der Waals surface area contributed by atoms with E-state index in [9.17, 15) is 14.7 Å². The molecule has 1 atom stereocenters. The summed E-state index contributed by atoms with van der Waals surface area (Å²) in [6.45, 7) is 8.28. The topological polar surface area (TPSA) is 66.4 Å². The van der Waals surface area contributed by atoms with Gasteiger partial charge in [-0.1, -0.05) is 40.5 Å². The molecule has 20 heavy (non-hydrogen) atoms. The van der Waals surface area contributed by atoms with E-state index in [1.807, 2.05) is 13.8 Å². The van der Waals surface area contributed by atoms with Crippen molar-refractivity contribution in [1.29, 1.82) is 0 Å². The summed E-state index contributed by atoms with van der Waals surface area (Å²) in [6.07, 6.45) is 4.99. The zero-order valence-electron chi connectivity index (χ0n) is 13.2. The van der Waals surface area contributed by atoms with Crippen molar-refractivity contribution in [2.24, 2.45) is 23.2 Å². The van der Waals surface area contributed by atoms with Gasteiger partial charge in [0.15, 0.2) is 0 Å². The minimum atomic E-state index is -0.829. The van der Waals surface area contributed by atoms with Crippen molar-refractivity contribution < 1.29 is 14.7 Å². The van der Waals surface area contributed by atoms with Gasteiger partial charge in [-0.3, -0.25) is 9.59 Å². The van der Waals surface area contributed by atoms with Crippen molar-refractivity contribution in [3.63, 3.8) is 0 Å². The first kappa shape index (κ1) is 17.0. The molecule has 1 fully saturated rings. The highest BCUT2D eigenvalue weighted by atomic mass is 16.4. The van der Waals surface area contributed by atoms with Crippen LogP contribution in [0, 0.1) is 23.2 Å². The molecule has 0 aromatic carbocycles. The van der Waals surface area contributed by atoms with Gasteiger partial charge < -0.3 is 10.4 Å². The third-order valence-electron chi connectivity index (χ3n) is 4.45. The molecule has 0 radical (unpaired) electrons. The molecule has 116 valence electrons. The van der Waals surface area contributed by atoms with Crippen LogP contribution in [0.1, 0.15) is 59.8 Å². The number of carboxylic acids is 1. The number of hydrogen-bond acceptors (Lipinski definition) is 2. The fraction of sp³-hybridized carbons (Fsp3) is 0.875. The first-order valence-electron chi connectivity index (χ1n) is 7.79. The van der Waals surface area contributed by atoms with Gasteiger partial charge in [0.05, 0.1) is 5.92 Å². The van der Waals surface area contributed by atoms with Crippen LogP contribution in [0.4, 0.5) is 0 Å². The van der Waals surface area contributed by atoms with Crippen molar-refractivity contribution in [3.05, 3.63) is 0 Å². The van der Waals surface area contributed by atoms with Crippen LogP contribution < -0.4 is 5.32 Å². The number of amides is 1. The lowest BCUT2D eigenvalue weighted by Crippen LogP contribution is -2.44. The Bertz CT molecular complexity index is 344. The van der Waals surface area contributed by atoms with Gasteiger partial charge in [-0.15, -0.1) is 0 Å². The van der Waals surface area contributed by atoms with Crippen LogP contribution in [0.15, 0.2) is 0 Å². The Hall–Kier alpha value is -1.06. The Kier molecular flexibility index (Phi) is 6.03. The summed E-state index contributed by atoms with van der Waals surface area (Å²) < 4.78 is 0. The van der Waals surface area contributed by atoms with E-state index < -0.39 is 11.9 Å². The first-order chi connectivity index (χ1) is 9.28. The number of hydrogen-bond donors (Lipinski definition) is 2. The predicted molar refractivity (Wildman–Crippen MR) is 79.3 cm³/mol. The molecule has 0 saturated heterocycles. The van der Waals surface area contributed by atoms with Crippen molar-refractivity contribution >= 4 is 11.9 Å². The van der Waals surface area contributed by atoms with Gasteiger partial charge in [0.25, 0.3) is 0 Å². The Morgan fingerprint density at radius 2 is 1.70 bits per heavy atom. The van der Waals surface area contributed by atoms with E-state index in [0.717, 1.165) is 32.1 Å². The molecule has 0 spiro atoms. The van der Waals surface area contributed by atoms with E-state index in [1.165, 1.54) is 0 Å². The van der Waals surface area contributed by atoms with E-state index in [4.69, 9.17) is 0 Å². The lowest BCUT2D eigenvalue weighted by Gasteiger charge is -2.30. The second kappa shape index (κ2) is 7.09. The van der Waals surface area contributed by atoms with Crippen molar-refractivity contribution in [3.8, 4) is 0 Å². The average Bonchev–Trinajstić information content (AvgIpc) is 2.76. The predicted octanol–water partition coefficient (Wildman–Crippen LogP) is 3.07. The second-order valence-corrected chi connectivity index (χ2v) is 6.98. The molecule has 4 heteroatoms. The fourth-order valence-corrected chi connectivity index (χ4v) is 3.36. The van der Waals surface area contributed by atoms with Crippen molar-refractivity contribution in [2.45, 2.75) is 59.8 Å². The molecule has 2 N–H and O–H groups in total. The summed E-state index contributed by atoms with van der Waals surface area (Å²) >= 11 is 0. The third-order valence-corrected chi connectivity index (χ3v) is 4.45. The van der Waals surface area contributed by atoms with Crippen LogP contribution >= 0.6 is 0 Å². The van der Waals surface area contributed by atoms with Gasteiger partial charge in [-0.25, -0.2) is 0 Å². The SMILES string of the molecule is CC(C)CC1(C(=O)NCC(C(=O)O)C(C)C)CCCC1. The summed E-state index contributed by atoms with van der Waals surface area (Å²) in [7, 11) is 0. The maximum Gasteiger partial charge on any atom is 0.308 e. The monoisotopic (exact) mass is 283 g/mol. The Morgan fingerprint density at radius 3 is 2.10 bits per heavy atom. The molecule has 4 nitrogen and oxygen atoms in total. The molecule has 1 aliphatic carbocycles. The molecular formula is C16H29NO3. The van der Waals surface area contributed by atoms with E-state index in [0.29, 0.717) is 5.92 Å². The second-order valence-electron chi connectivity index (χ2n) is 6.98. The highest BCUT2D eigenvalue weighted by molar-refractivity contribution is 5.83. The lowest BCUT2D eigenvalue weighted by atomic mass is 9.77. The van der Waals surface area contributed by atoms with Gasteiger partial charge >= 0.3 is 5.97 Å². The van der Waals surface area contributed by atoms with Gasteiger partial charge in [-0.05, 0) is 31.1 Å². The Balaban J connectivity index is 2.65. The normalized spacial score (nSPS) is 19.3. The minimum Gasteiger partial charge on any atom is -0.481 e. The summed E-state index contributed by atoms with van der Waals surface area (Å²) in [6, 6.07) is 0. The summed E-state index contributed by atoms with van der Waals surface area (Å²) in [5.74, 6) is -0.756. The van der Waals surface area contributed by atoms with Gasteiger partial charge in [0.1, 0.15) is 0 Å². The number of rotatable bonds is 7. The van der Waals surface area contributed by atoms with Crippen LogP contribution in [0.2, 0.25) is 0 Å². The smallest absolute Gasteiger partial charge is 0.308 e. The summed E-state index contributed by atoms with van der Waals surface area (Å²) in [5, 5.41) is 12.1. The number of nitrogens with one attached hydrogen (secondary N) is 1. The molecule has 0 heterocycles. The van der Waals surface area contributed by atoms with E-state index in [1.54, 1.807) is 0 Å². The molecule has 1 aliphatic rings. The maximum absolute atomic E-state index is 12.5. The Morgan fingerprint density at radius 1 is 1.15 bits per heavy atom. The number of carbonyl (C=O) groups excluding carboxylic acids is 1. The summed E-state index contributed by atoms with van der Waals surface area (Å²) in [5.41, 5.74) is -0.256. The molecule has 0 aromatic heterocycles. The largest absolute Gasteiger partial charge is 0.481 e. The molecule has 0 bridgehead atoms. The van der Waals surface area contributed by atoms with Crippen molar-refractivity contribution in [1.82, 2.24) is 5.32 Å². The number of carbonyl (C=O) groups is 2. The van der Waals surface area contributed by atoms with Gasteiger partial charge in [0.2, 0.25) is 5.91 Å². The van der Waals surface area contributed by atoms with E-state index in [-0.39, 0.29) is 23.8 Å². The lowest BCUT2D eigenvalue weighted by molar-refractivity contribution is -0.143. The number of carboxylic acid groups (broad SMARTS) is 1. The average molecular weight is 283 g/mol. The quantitative estimate of drug-likeness (QED) is 0.754. The van der Waals surface area contributed by atoms with Crippen LogP contribution in [-0.2, 0) is 9.59 Å². The molecule has 1 amide bonds. The van der Waals surface area contributed by atoms with E-state index >= 15 is 0 Å². The minimum absolute atomic E-state index is 0.0254. The molecule has 1 saturated carbocycles. The molecule has 0 aromatic rings. The molecule has 1 rings (SSSR count). The highest BCUT2D eigenvalue weighted by Crippen LogP contribution is 2.43. The standard InChI is InChI=1S/C16H29NO3/c1-11(2)9-16(7-5-6-8-16)15(20)17-10-13(12(3)4)14(18)19/h11-13H,5-10H2,1-4H3,(H,17,20)(H,18,19). The van der Waals surface area contributed by atoms with Crippen LogP contribution in [0.25, 0.3) is 0 Å². The Labute approximate surface area is 122 Å². The van der Waals surface area contributed by atoms with Gasteiger partial charge in [0, 0.05) is 12.0 Å². The van der Waals surface area contributed by atoms with Crippen LogP contribution in [0.5, 0.6) is 0 Å². The molecular weight excluding hydrogens is 254 g/mol. The zero-order chi connectivity index (χ0) is 15.3. The first-order valence-corrected chi connectivity index (χ1v) is 7.79. The number of aliphatic carboxylic acids is 1. The zero-order valence-corrected chi connectivity index (χ0v) is 13.2. The molecule has 1 unspecified atom stereocenters. The highest BCUT2D eigenvalue weighted by Gasteiger charge is 2.41. The van der Waals surface area contributed by atoms with Crippen LogP contribution in [-0.4, -0.2) is 23.5 Å². The van der Waals surface area contributed by atoms with Crippen LogP contribution in [0.3, 0.4) is 0 Å². The fourth-order valence-electron chi connectivity index (χ4n) is 3.36. The van der Waals surface area contributed by atoms with E-state index in [2.05, 4.69) is 19.2 Å². The maximum atomic E-state index is 12.5.